The lowest BCUT2D eigenvalue weighted by Crippen LogP contribution is -2.36. The Morgan fingerprint density at radius 2 is 1.69 bits per heavy atom. The first kappa shape index (κ1) is 22.0. The first-order valence-electron chi connectivity index (χ1n) is 10.6. The summed E-state index contributed by atoms with van der Waals surface area (Å²) in [4.78, 5) is 10.6. The summed E-state index contributed by atoms with van der Waals surface area (Å²) in [6, 6.07) is 17.3. The zero-order chi connectivity index (χ0) is 22.3. The molecule has 0 unspecified atom stereocenters. The van der Waals surface area contributed by atoms with Crippen LogP contribution in [0.3, 0.4) is 0 Å². The molecule has 1 aliphatic rings. The number of nitrogens with two attached hydrogens (primary N) is 1. The van der Waals surface area contributed by atoms with Gasteiger partial charge in [0.25, 0.3) is 0 Å². The molecule has 1 aromatic heterocycles. The summed E-state index contributed by atoms with van der Waals surface area (Å²) in [5.41, 5.74) is 7.87. The summed E-state index contributed by atoms with van der Waals surface area (Å²) >= 11 is 0. The summed E-state index contributed by atoms with van der Waals surface area (Å²) < 4.78 is 27.7. The van der Waals surface area contributed by atoms with E-state index in [4.69, 9.17) is 10.5 Å². The van der Waals surface area contributed by atoms with Crippen molar-refractivity contribution in [2.24, 2.45) is 5.92 Å². The summed E-state index contributed by atoms with van der Waals surface area (Å²) in [5, 5.41) is 3.43. The molecule has 168 valence electrons. The van der Waals surface area contributed by atoms with Gasteiger partial charge < -0.3 is 15.8 Å². The standard InChI is InChI=1S/C23H27N5O3S/c24-22-21(18-6-8-20(9-7-18)31-19-4-2-1-3-5-19)23(27-15-26-22)25-14-17-10-12-28(13-11-17)16-32(29)30/h1-9,15,17,32H,10-14,16H2,(H3,24,25,26,27). The van der Waals surface area contributed by atoms with Crippen molar-refractivity contribution in [1.29, 1.82) is 0 Å². The molecule has 2 heterocycles. The van der Waals surface area contributed by atoms with Crippen LogP contribution in [0.15, 0.2) is 60.9 Å². The third kappa shape index (κ3) is 5.74. The van der Waals surface area contributed by atoms with Crippen LogP contribution in [-0.2, 0) is 10.7 Å². The molecule has 0 spiro atoms. The number of benzene rings is 2. The molecule has 0 bridgehead atoms. The lowest BCUT2D eigenvalue weighted by Gasteiger charge is -2.30. The molecule has 3 N–H and O–H groups in total. The third-order valence-corrected chi connectivity index (χ3v) is 6.21. The van der Waals surface area contributed by atoms with Crippen LogP contribution in [-0.4, -0.2) is 48.8 Å². The van der Waals surface area contributed by atoms with Gasteiger partial charge in [-0.05, 0) is 61.7 Å². The molecule has 0 aliphatic carbocycles. The Bertz CT molecular complexity index is 1090. The van der Waals surface area contributed by atoms with Crippen molar-refractivity contribution >= 4 is 22.3 Å². The van der Waals surface area contributed by atoms with Gasteiger partial charge in [-0.3, -0.25) is 4.90 Å². The second-order valence-corrected chi connectivity index (χ2v) is 8.79. The van der Waals surface area contributed by atoms with Gasteiger partial charge in [-0.15, -0.1) is 0 Å². The fraction of sp³-hybridized carbons (Fsp3) is 0.304. The van der Waals surface area contributed by atoms with Crippen LogP contribution in [0.4, 0.5) is 11.6 Å². The number of ether oxygens (including phenoxy) is 1. The van der Waals surface area contributed by atoms with Gasteiger partial charge >= 0.3 is 0 Å². The number of rotatable bonds is 8. The molecule has 8 nitrogen and oxygen atoms in total. The molecule has 1 saturated heterocycles. The quantitative estimate of drug-likeness (QED) is 0.446. The molecule has 1 aliphatic heterocycles. The van der Waals surface area contributed by atoms with Crippen LogP contribution in [0, 0.1) is 5.92 Å². The molecule has 0 amide bonds. The van der Waals surface area contributed by atoms with Crippen LogP contribution < -0.4 is 15.8 Å². The molecule has 32 heavy (non-hydrogen) atoms. The van der Waals surface area contributed by atoms with Crippen molar-refractivity contribution in [2.45, 2.75) is 12.8 Å². The van der Waals surface area contributed by atoms with E-state index in [1.807, 2.05) is 59.5 Å². The number of piperidine rings is 1. The van der Waals surface area contributed by atoms with Gasteiger partial charge in [0.1, 0.15) is 29.5 Å². The number of likely N-dealkylation sites (tertiary alicyclic amines) is 1. The number of aromatic nitrogens is 2. The highest BCUT2D eigenvalue weighted by atomic mass is 32.2. The summed E-state index contributed by atoms with van der Waals surface area (Å²) in [7, 11) is -2.36. The minimum Gasteiger partial charge on any atom is -0.457 e. The van der Waals surface area contributed by atoms with Gasteiger partial charge in [-0.25, -0.2) is 18.4 Å². The maximum Gasteiger partial charge on any atom is 0.153 e. The van der Waals surface area contributed by atoms with Gasteiger partial charge in [0.05, 0.1) is 11.4 Å². The minimum atomic E-state index is -2.36. The van der Waals surface area contributed by atoms with E-state index in [9.17, 15) is 8.42 Å². The SMILES string of the molecule is Nc1ncnc(NCC2CCN(C[SH](=O)=O)CC2)c1-c1ccc(Oc2ccccc2)cc1. The van der Waals surface area contributed by atoms with E-state index in [2.05, 4.69) is 15.3 Å². The van der Waals surface area contributed by atoms with E-state index < -0.39 is 10.7 Å². The van der Waals surface area contributed by atoms with Crippen molar-refractivity contribution in [3.63, 3.8) is 0 Å². The fourth-order valence-electron chi connectivity index (χ4n) is 3.87. The molecule has 1 fully saturated rings. The number of hydrogen-bond acceptors (Lipinski definition) is 8. The monoisotopic (exact) mass is 453 g/mol. The predicted octanol–water partition coefficient (Wildman–Crippen LogP) is 3.21. The molecule has 2 aromatic carbocycles. The maximum absolute atomic E-state index is 10.9. The number of nitrogen functional groups attached to an aromatic ring is 1. The van der Waals surface area contributed by atoms with Crippen LogP contribution in [0.5, 0.6) is 11.5 Å². The molecule has 4 rings (SSSR count). The van der Waals surface area contributed by atoms with Crippen LogP contribution in [0.2, 0.25) is 0 Å². The minimum absolute atomic E-state index is 0.145. The van der Waals surface area contributed by atoms with Crippen molar-refractivity contribution in [3.8, 4) is 22.6 Å². The van der Waals surface area contributed by atoms with E-state index in [1.165, 1.54) is 6.33 Å². The Hall–Kier alpha value is -3.17. The maximum atomic E-state index is 10.9. The molecule has 9 heteroatoms. The smallest absolute Gasteiger partial charge is 0.153 e. The highest BCUT2D eigenvalue weighted by Gasteiger charge is 2.20. The fourth-order valence-corrected chi connectivity index (χ4v) is 4.48. The largest absolute Gasteiger partial charge is 0.457 e. The molecule has 0 atom stereocenters. The van der Waals surface area contributed by atoms with Crippen LogP contribution in [0.25, 0.3) is 11.1 Å². The second kappa shape index (κ2) is 10.4. The van der Waals surface area contributed by atoms with Crippen molar-refractivity contribution in [1.82, 2.24) is 14.9 Å². The van der Waals surface area contributed by atoms with Crippen molar-refractivity contribution in [2.75, 3.05) is 36.6 Å². The topological polar surface area (TPSA) is 110 Å². The third-order valence-electron chi connectivity index (χ3n) is 5.58. The zero-order valence-electron chi connectivity index (χ0n) is 17.7. The number of para-hydroxylation sites is 1. The van der Waals surface area contributed by atoms with Gasteiger partial charge in [0.2, 0.25) is 0 Å². The summed E-state index contributed by atoms with van der Waals surface area (Å²) in [6.07, 6.45) is 3.34. The average Bonchev–Trinajstić information content (AvgIpc) is 2.80. The van der Waals surface area contributed by atoms with E-state index >= 15 is 0 Å². The first-order valence-corrected chi connectivity index (χ1v) is 12.0. The van der Waals surface area contributed by atoms with E-state index in [1.54, 1.807) is 0 Å². The van der Waals surface area contributed by atoms with Crippen molar-refractivity contribution < 1.29 is 13.2 Å². The lowest BCUT2D eigenvalue weighted by molar-refractivity contribution is 0.215. The van der Waals surface area contributed by atoms with E-state index in [0.717, 1.165) is 55.1 Å². The number of hydrogen-bond donors (Lipinski definition) is 3. The Labute approximate surface area is 189 Å². The average molecular weight is 454 g/mol. The Kier molecular flexibility index (Phi) is 7.18. The Morgan fingerprint density at radius 1 is 1.00 bits per heavy atom. The highest BCUT2D eigenvalue weighted by Crippen LogP contribution is 2.33. The van der Waals surface area contributed by atoms with Gasteiger partial charge in [0, 0.05) is 6.54 Å². The molecule has 3 aromatic rings. The molecular formula is C23H27N5O3S. The highest BCUT2D eigenvalue weighted by molar-refractivity contribution is 7.72. The van der Waals surface area contributed by atoms with Crippen LogP contribution >= 0.6 is 0 Å². The predicted molar refractivity (Wildman–Crippen MR) is 126 cm³/mol. The molecule has 0 saturated carbocycles. The Morgan fingerprint density at radius 3 is 2.38 bits per heavy atom. The van der Waals surface area contributed by atoms with Gasteiger partial charge in [0.15, 0.2) is 10.7 Å². The molecule has 0 radical (unpaired) electrons. The number of thiol groups is 1. The summed E-state index contributed by atoms with van der Waals surface area (Å²) in [6.45, 7) is 2.32. The second-order valence-electron chi connectivity index (χ2n) is 7.84. The molecular weight excluding hydrogens is 426 g/mol. The Balaban J connectivity index is 1.42. The van der Waals surface area contributed by atoms with Crippen LogP contribution in [0.1, 0.15) is 12.8 Å². The van der Waals surface area contributed by atoms with Crippen molar-refractivity contribution in [3.05, 3.63) is 60.9 Å². The van der Waals surface area contributed by atoms with E-state index in [-0.39, 0.29) is 5.88 Å². The lowest BCUT2D eigenvalue weighted by atomic mass is 9.97. The normalized spacial score (nSPS) is 15.0. The number of nitrogens with zero attached hydrogens (tertiary/aromatic N) is 3. The zero-order valence-corrected chi connectivity index (χ0v) is 18.6. The number of nitrogens with one attached hydrogen (secondary N) is 1. The summed E-state index contributed by atoms with van der Waals surface area (Å²) in [5.74, 6) is 3.20. The number of anilines is 2. The van der Waals surface area contributed by atoms with E-state index in [0.29, 0.717) is 17.6 Å². The van der Waals surface area contributed by atoms with Gasteiger partial charge in [-0.2, -0.15) is 0 Å². The first-order chi connectivity index (χ1) is 15.6. The van der Waals surface area contributed by atoms with Gasteiger partial charge in [-0.1, -0.05) is 30.3 Å².